The summed E-state index contributed by atoms with van der Waals surface area (Å²) >= 11 is 1.39. The number of aromatic amines is 1. The van der Waals surface area contributed by atoms with Crippen molar-refractivity contribution in [3.8, 4) is 5.75 Å². The molecule has 4 aromatic rings. The van der Waals surface area contributed by atoms with Crippen LogP contribution >= 0.6 is 11.3 Å². The van der Waals surface area contributed by atoms with Crippen molar-refractivity contribution in [1.82, 2.24) is 19.9 Å². The highest BCUT2D eigenvalue weighted by molar-refractivity contribution is 7.25. The van der Waals surface area contributed by atoms with E-state index >= 15 is 0 Å². The molecule has 1 aromatic carbocycles. The zero-order valence-electron chi connectivity index (χ0n) is 17.8. The second kappa shape index (κ2) is 7.56. The van der Waals surface area contributed by atoms with Crippen LogP contribution in [0.4, 0.5) is 0 Å². The third kappa shape index (κ3) is 2.93. The first-order valence-electron chi connectivity index (χ1n) is 11.0. The van der Waals surface area contributed by atoms with Gasteiger partial charge < -0.3 is 15.0 Å². The third-order valence-corrected chi connectivity index (χ3v) is 8.26. The maximum atomic E-state index is 13.2. The lowest BCUT2D eigenvalue weighted by Crippen LogP contribution is -2.37. The number of benzene rings is 1. The SMILES string of the molecule is COc1cccc2c1CC[C@H]1CNC(CCn3c(=O)[nH]c4c(sc5cccnc54)c3=O)[C@@H]21. The van der Waals surface area contributed by atoms with Crippen molar-refractivity contribution in [3.63, 3.8) is 0 Å². The molecule has 164 valence electrons. The van der Waals surface area contributed by atoms with Gasteiger partial charge in [-0.15, -0.1) is 11.3 Å². The number of ether oxygens (including phenoxy) is 1. The molecular formula is C24H24N4O3S. The molecule has 0 saturated carbocycles. The summed E-state index contributed by atoms with van der Waals surface area (Å²) in [5, 5.41) is 3.67. The Labute approximate surface area is 188 Å². The minimum Gasteiger partial charge on any atom is -0.496 e. The quantitative estimate of drug-likeness (QED) is 0.501. The predicted molar refractivity (Wildman–Crippen MR) is 126 cm³/mol. The second-order valence-electron chi connectivity index (χ2n) is 8.70. The van der Waals surface area contributed by atoms with Crippen molar-refractivity contribution in [2.75, 3.05) is 13.7 Å². The molecule has 1 aliphatic carbocycles. The summed E-state index contributed by atoms with van der Waals surface area (Å²) in [6.07, 6.45) is 4.56. The molecule has 0 amide bonds. The predicted octanol–water partition coefficient (Wildman–Crippen LogP) is 3.02. The van der Waals surface area contributed by atoms with Gasteiger partial charge >= 0.3 is 5.69 Å². The molecule has 1 saturated heterocycles. The number of methoxy groups -OCH3 is 1. The molecule has 0 bridgehead atoms. The van der Waals surface area contributed by atoms with Gasteiger partial charge in [-0.2, -0.15) is 0 Å². The second-order valence-corrected chi connectivity index (χ2v) is 9.75. The van der Waals surface area contributed by atoms with E-state index in [0.29, 0.717) is 34.1 Å². The molecule has 0 spiro atoms. The number of pyridine rings is 1. The average Bonchev–Trinajstić information content (AvgIpc) is 3.40. The van der Waals surface area contributed by atoms with E-state index in [2.05, 4.69) is 27.4 Å². The Hall–Kier alpha value is -2.97. The van der Waals surface area contributed by atoms with Gasteiger partial charge in [-0.3, -0.25) is 14.3 Å². The van der Waals surface area contributed by atoms with Crippen molar-refractivity contribution in [3.05, 3.63) is 68.5 Å². The highest BCUT2D eigenvalue weighted by atomic mass is 32.1. The number of rotatable bonds is 4. The Morgan fingerprint density at radius 1 is 1.25 bits per heavy atom. The Bertz CT molecular complexity index is 1450. The zero-order valence-corrected chi connectivity index (χ0v) is 18.6. The molecule has 6 rings (SSSR count). The van der Waals surface area contributed by atoms with E-state index in [1.165, 1.54) is 27.0 Å². The van der Waals surface area contributed by atoms with Crippen LogP contribution in [-0.2, 0) is 13.0 Å². The van der Waals surface area contributed by atoms with Crippen LogP contribution < -0.4 is 21.3 Å². The van der Waals surface area contributed by atoms with Gasteiger partial charge in [0.15, 0.2) is 0 Å². The van der Waals surface area contributed by atoms with Crippen LogP contribution in [-0.4, -0.2) is 34.2 Å². The molecule has 4 heterocycles. The van der Waals surface area contributed by atoms with Crippen molar-refractivity contribution in [2.24, 2.45) is 5.92 Å². The van der Waals surface area contributed by atoms with E-state index in [4.69, 9.17) is 4.74 Å². The van der Waals surface area contributed by atoms with E-state index in [-0.39, 0.29) is 17.3 Å². The van der Waals surface area contributed by atoms with Crippen molar-refractivity contribution >= 4 is 31.8 Å². The number of nitrogens with one attached hydrogen (secondary N) is 2. The minimum atomic E-state index is -0.367. The summed E-state index contributed by atoms with van der Waals surface area (Å²) in [5.41, 5.74) is 3.29. The summed E-state index contributed by atoms with van der Waals surface area (Å²) in [7, 11) is 1.73. The van der Waals surface area contributed by atoms with Gasteiger partial charge in [0.1, 0.15) is 16.0 Å². The van der Waals surface area contributed by atoms with E-state index in [1.807, 2.05) is 18.2 Å². The van der Waals surface area contributed by atoms with E-state index in [1.54, 1.807) is 13.3 Å². The number of hydrogen-bond donors (Lipinski definition) is 2. The van der Waals surface area contributed by atoms with Crippen LogP contribution in [0.1, 0.15) is 29.9 Å². The standard InChI is InChI=1S/C24H24N4O3S/c1-31-17-5-2-4-15-14(17)8-7-13-12-26-16(19(13)15)9-11-28-23(29)22-21(27-24(28)30)20-18(32-22)6-3-10-25-20/h2-6,10,13,16,19,26H,7-9,11-12H2,1H3,(H,27,30)/t13-,16?,19+/m0/s1. The average molecular weight is 449 g/mol. The molecule has 32 heavy (non-hydrogen) atoms. The van der Waals surface area contributed by atoms with Gasteiger partial charge in [0.25, 0.3) is 5.56 Å². The Morgan fingerprint density at radius 3 is 3.03 bits per heavy atom. The Kier molecular flexibility index (Phi) is 4.66. The maximum absolute atomic E-state index is 13.2. The van der Waals surface area contributed by atoms with E-state index in [9.17, 15) is 9.59 Å². The molecule has 3 aromatic heterocycles. The monoisotopic (exact) mass is 448 g/mol. The molecule has 7 nitrogen and oxygen atoms in total. The van der Waals surface area contributed by atoms with Crippen LogP contribution in [0.3, 0.4) is 0 Å². The van der Waals surface area contributed by atoms with Crippen LogP contribution in [0.5, 0.6) is 5.75 Å². The van der Waals surface area contributed by atoms with Crippen molar-refractivity contribution < 1.29 is 4.74 Å². The fraction of sp³-hybridized carbons (Fsp3) is 0.375. The van der Waals surface area contributed by atoms with Gasteiger partial charge in [0.05, 0.1) is 17.3 Å². The topological polar surface area (TPSA) is 89.0 Å². The van der Waals surface area contributed by atoms with Gasteiger partial charge in [0.2, 0.25) is 0 Å². The number of thiophene rings is 1. The van der Waals surface area contributed by atoms with Gasteiger partial charge in [-0.25, -0.2) is 4.79 Å². The van der Waals surface area contributed by atoms with Crippen LogP contribution in [0.25, 0.3) is 20.4 Å². The van der Waals surface area contributed by atoms with Gasteiger partial charge in [0, 0.05) is 24.7 Å². The highest BCUT2D eigenvalue weighted by Gasteiger charge is 2.40. The van der Waals surface area contributed by atoms with Gasteiger partial charge in [-0.05, 0) is 61.1 Å². The molecule has 0 radical (unpaired) electrons. The lowest BCUT2D eigenvalue weighted by Gasteiger charge is -2.32. The first kappa shape index (κ1) is 19.7. The summed E-state index contributed by atoms with van der Waals surface area (Å²) in [5.74, 6) is 1.91. The lowest BCUT2D eigenvalue weighted by molar-refractivity contribution is 0.371. The first-order valence-corrected chi connectivity index (χ1v) is 11.9. The number of hydrogen-bond acceptors (Lipinski definition) is 6. The molecule has 8 heteroatoms. The number of nitrogens with zero attached hydrogens (tertiary/aromatic N) is 2. The van der Waals surface area contributed by atoms with Crippen molar-refractivity contribution in [1.29, 1.82) is 0 Å². The number of aromatic nitrogens is 3. The molecule has 2 aliphatic rings. The van der Waals surface area contributed by atoms with Crippen molar-refractivity contribution in [2.45, 2.75) is 37.8 Å². The maximum Gasteiger partial charge on any atom is 0.328 e. The lowest BCUT2D eigenvalue weighted by atomic mass is 9.73. The van der Waals surface area contributed by atoms with Crippen LogP contribution in [0.15, 0.2) is 46.1 Å². The van der Waals surface area contributed by atoms with Crippen LogP contribution in [0.2, 0.25) is 0 Å². The van der Waals surface area contributed by atoms with E-state index < -0.39 is 0 Å². The normalized spacial score (nSPS) is 22.2. The smallest absolute Gasteiger partial charge is 0.328 e. The number of fused-ring (bicyclic) bond motifs is 6. The Morgan fingerprint density at radius 2 is 2.16 bits per heavy atom. The fourth-order valence-corrected chi connectivity index (χ4v) is 6.72. The van der Waals surface area contributed by atoms with Gasteiger partial charge in [-0.1, -0.05) is 12.1 Å². The highest BCUT2D eigenvalue weighted by Crippen LogP contribution is 2.45. The summed E-state index contributed by atoms with van der Waals surface area (Å²) in [4.78, 5) is 33.2. The molecular weight excluding hydrogens is 424 g/mol. The molecule has 1 aliphatic heterocycles. The largest absolute Gasteiger partial charge is 0.496 e. The van der Waals surface area contributed by atoms with Crippen LogP contribution in [0, 0.1) is 5.92 Å². The summed E-state index contributed by atoms with van der Waals surface area (Å²) in [6.45, 7) is 1.35. The fourth-order valence-electron chi connectivity index (χ4n) is 5.66. The first-order chi connectivity index (χ1) is 15.7. The minimum absolute atomic E-state index is 0.220. The molecule has 1 fully saturated rings. The molecule has 1 unspecified atom stereocenters. The molecule has 3 atom stereocenters. The summed E-state index contributed by atoms with van der Waals surface area (Å²) < 4.78 is 8.42. The number of H-pyrrole nitrogens is 1. The van der Waals surface area contributed by atoms with E-state index in [0.717, 1.165) is 36.3 Å². The summed E-state index contributed by atoms with van der Waals surface area (Å²) in [6, 6.07) is 10.3. The molecule has 2 N–H and O–H groups in total. The zero-order chi connectivity index (χ0) is 21.8. The third-order valence-electron chi connectivity index (χ3n) is 7.12. The Balaban J connectivity index is 1.33.